The Balaban J connectivity index is 1.72. The minimum absolute atomic E-state index is 0.00754. The van der Waals surface area contributed by atoms with Crippen LogP contribution in [0.3, 0.4) is 0 Å². The van der Waals surface area contributed by atoms with Gasteiger partial charge >= 0.3 is 0 Å². The molecule has 4 aromatic rings. The van der Waals surface area contributed by atoms with E-state index in [0.717, 1.165) is 11.1 Å². The normalized spacial score (nSPS) is 15.1. The molecule has 1 amide bonds. The summed E-state index contributed by atoms with van der Waals surface area (Å²) in [6.45, 7) is 4.34. The molecule has 0 N–H and O–H groups in total. The number of benzene rings is 3. The second kappa shape index (κ2) is 8.61. The van der Waals surface area contributed by atoms with Crippen LogP contribution in [0, 0.1) is 12.7 Å². The number of nitrogens with zero attached hydrogens (tertiary/aromatic N) is 1. The Morgan fingerprint density at radius 1 is 1.09 bits per heavy atom. The quantitative estimate of drug-likeness (QED) is 0.351. The molecule has 0 saturated heterocycles. The van der Waals surface area contributed by atoms with Crippen LogP contribution in [0.5, 0.6) is 5.75 Å². The molecular weight excluding hydrogens is 457 g/mol. The number of aryl methyl sites for hydroxylation is 1. The zero-order valence-corrected chi connectivity index (χ0v) is 19.4. The molecule has 7 heteroatoms. The van der Waals surface area contributed by atoms with Crippen LogP contribution in [0.15, 0.2) is 69.9 Å². The third-order valence-electron chi connectivity index (χ3n) is 6.00. The fourth-order valence-electron chi connectivity index (χ4n) is 4.38. The van der Waals surface area contributed by atoms with Gasteiger partial charge in [0.05, 0.1) is 23.6 Å². The summed E-state index contributed by atoms with van der Waals surface area (Å²) >= 11 is 6.29. The first-order valence-corrected chi connectivity index (χ1v) is 11.3. The van der Waals surface area contributed by atoms with E-state index in [1.54, 1.807) is 36.1 Å². The lowest BCUT2D eigenvalue weighted by Crippen LogP contribution is -2.29. The highest BCUT2D eigenvalue weighted by Gasteiger charge is 2.43. The topological polar surface area (TPSA) is 59.8 Å². The molecule has 0 saturated carbocycles. The average molecular weight is 478 g/mol. The predicted octanol–water partition coefficient (Wildman–Crippen LogP) is 6.04. The zero-order chi connectivity index (χ0) is 24.0. The largest absolute Gasteiger partial charge is 0.494 e. The zero-order valence-electron chi connectivity index (χ0n) is 18.6. The fraction of sp³-hybridized carbons (Fsp3) is 0.185. The van der Waals surface area contributed by atoms with Crippen LogP contribution in [0.25, 0.3) is 11.0 Å². The Labute approximate surface area is 200 Å². The van der Waals surface area contributed by atoms with E-state index in [2.05, 4.69) is 0 Å². The SMILES string of the molecule is CCOc1cccc(C2c3c(oc4cc(C)c(Cl)cc4c3=O)C(=O)N2Cc2ccc(F)cc2)c1. The second-order valence-electron chi connectivity index (χ2n) is 8.24. The van der Waals surface area contributed by atoms with Crippen LogP contribution >= 0.6 is 11.6 Å². The smallest absolute Gasteiger partial charge is 0.291 e. The van der Waals surface area contributed by atoms with Crippen molar-refractivity contribution in [3.63, 3.8) is 0 Å². The van der Waals surface area contributed by atoms with E-state index >= 15 is 0 Å². The average Bonchev–Trinajstić information content (AvgIpc) is 3.09. The van der Waals surface area contributed by atoms with Crippen LogP contribution in [0.4, 0.5) is 4.39 Å². The molecule has 0 aliphatic carbocycles. The van der Waals surface area contributed by atoms with Gasteiger partial charge in [0.1, 0.15) is 17.1 Å². The predicted molar refractivity (Wildman–Crippen MR) is 128 cm³/mol. The Kier molecular flexibility index (Phi) is 5.62. The van der Waals surface area contributed by atoms with Gasteiger partial charge in [-0.15, -0.1) is 0 Å². The fourth-order valence-corrected chi connectivity index (χ4v) is 4.54. The lowest BCUT2D eigenvalue weighted by atomic mass is 9.97. The van der Waals surface area contributed by atoms with Crippen LogP contribution in [-0.4, -0.2) is 17.4 Å². The maximum absolute atomic E-state index is 13.7. The summed E-state index contributed by atoms with van der Waals surface area (Å²) in [5.74, 6) is -0.131. The van der Waals surface area contributed by atoms with Crippen LogP contribution in [0.2, 0.25) is 5.02 Å². The molecular formula is C27H21ClFNO4. The van der Waals surface area contributed by atoms with Crippen molar-refractivity contribution in [1.82, 2.24) is 4.90 Å². The molecule has 0 radical (unpaired) electrons. The summed E-state index contributed by atoms with van der Waals surface area (Å²) in [4.78, 5) is 28.8. The van der Waals surface area contributed by atoms with E-state index in [4.69, 9.17) is 20.8 Å². The number of fused-ring (bicyclic) bond motifs is 2. The molecule has 0 fully saturated rings. The van der Waals surface area contributed by atoms with Crippen LogP contribution in [-0.2, 0) is 6.54 Å². The molecule has 1 unspecified atom stereocenters. The van der Waals surface area contributed by atoms with Gasteiger partial charge in [0.2, 0.25) is 5.76 Å². The third-order valence-corrected chi connectivity index (χ3v) is 6.41. The Bertz CT molecular complexity index is 1480. The number of ether oxygens (including phenoxy) is 1. The first-order chi connectivity index (χ1) is 16.4. The van der Waals surface area contributed by atoms with Gasteiger partial charge in [0.15, 0.2) is 5.43 Å². The van der Waals surface area contributed by atoms with E-state index in [-0.39, 0.29) is 29.1 Å². The second-order valence-corrected chi connectivity index (χ2v) is 8.65. The molecule has 1 aromatic heterocycles. The number of hydrogen-bond donors (Lipinski definition) is 0. The molecule has 1 atom stereocenters. The van der Waals surface area contributed by atoms with Gasteiger partial charge in [0.25, 0.3) is 5.91 Å². The van der Waals surface area contributed by atoms with Gasteiger partial charge in [-0.3, -0.25) is 9.59 Å². The Hall–Kier alpha value is -3.64. The molecule has 5 nitrogen and oxygen atoms in total. The summed E-state index contributed by atoms with van der Waals surface area (Å²) in [5, 5.41) is 0.763. The molecule has 3 aromatic carbocycles. The molecule has 2 heterocycles. The van der Waals surface area contributed by atoms with Crippen molar-refractivity contribution in [3.05, 3.63) is 110 Å². The number of rotatable bonds is 5. The van der Waals surface area contributed by atoms with Gasteiger partial charge in [0, 0.05) is 11.6 Å². The lowest BCUT2D eigenvalue weighted by Gasteiger charge is -2.25. The van der Waals surface area contributed by atoms with Gasteiger partial charge in [-0.25, -0.2) is 4.39 Å². The van der Waals surface area contributed by atoms with Crippen molar-refractivity contribution in [3.8, 4) is 5.75 Å². The Morgan fingerprint density at radius 2 is 1.85 bits per heavy atom. The molecule has 0 bridgehead atoms. The number of hydrogen-bond acceptors (Lipinski definition) is 4. The number of halogens is 2. The van der Waals surface area contributed by atoms with Crippen molar-refractivity contribution in [1.29, 1.82) is 0 Å². The highest BCUT2D eigenvalue weighted by Crippen LogP contribution is 2.40. The first kappa shape index (κ1) is 22.2. The van der Waals surface area contributed by atoms with E-state index in [0.29, 0.717) is 33.9 Å². The van der Waals surface area contributed by atoms with E-state index < -0.39 is 11.9 Å². The lowest BCUT2D eigenvalue weighted by molar-refractivity contribution is 0.0714. The van der Waals surface area contributed by atoms with Crippen molar-refractivity contribution in [2.75, 3.05) is 6.61 Å². The summed E-state index contributed by atoms with van der Waals surface area (Å²) in [6.07, 6.45) is 0. The van der Waals surface area contributed by atoms with Gasteiger partial charge in [-0.1, -0.05) is 35.9 Å². The number of amides is 1. The number of carbonyl (C=O) groups is 1. The monoisotopic (exact) mass is 477 g/mol. The highest BCUT2D eigenvalue weighted by atomic mass is 35.5. The van der Waals surface area contributed by atoms with E-state index in [9.17, 15) is 14.0 Å². The maximum atomic E-state index is 13.7. The molecule has 172 valence electrons. The standard InChI is InChI=1S/C27H21ClFNO4/c1-3-33-19-6-4-5-17(12-19)24-23-25(31)20-13-21(28)15(2)11-22(20)34-26(23)27(32)30(24)14-16-7-9-18(29)10-8-16/h4-13,24H,3,14H2,1-2H3. The molecule has 1 aliphatic rings. The molecule has 5 rings (SSSR count). The van der Waals surface area contributed by atoms with Crippen LogP contribution < -0.4 is 10.2 Å². The highest BCUT2D eigenvalue weighted by molar-refractivity contribution is 6.32. The van der Waals surface area contributed by atoms with Crippen molar-refractivity contribution in [2.24, 2.45) is 0 Å². The van der Waals surface area contributed by atoms with Gasteiger partial charge in [-0.05, 0) is 66.9 Å². The van der Waals surface area contributed by atoms with Crippen molar-refractivity contribution < 1.29 is 18.3 Å². The third kappa shape index (κ3) is 3.74. The maximum Gasteiger partial charge on any atom is 0.291 e. The Morgan fingerprint density at radius 3 is 2.59 bits per heavy atom. The summed E-state index contributed by atoms with van der Waals surface area (Å²) in [7, 11) is 0. The first-order valence-electron chi connectivity index (χ1n) is 10.9. The van der Waals surface area contributed by atoms with Gasteiger partial charge in [-0.2, -0.15) is 0 Å². The number of carbonyl (C=O) groups excluding carboxylic acids is 1. The van der Waals surface area contributed by atoms with Crippen molar-refractivity contribution >= 4 is 28.5 Å². The molecule has 1 aliphatic heterocycles. The van der Waals surface area contributed by atoms with Crippen molar-refractivity contribution in [2.45, 2.75) is 26.4 Å². The minimum atomic E-state index is -0.700. The van der Waals surface area contributed by atoms with Crippen LogP contribution in [0.1, 0.15) is 45.8 Å². The minimum Gasteiger partial charge on any atom is -0.494 e. The summed E-state index contributed by atoms with van der Waals surface area (Å²) < 4.78 is 25.1. The van der Waals surface area contributed by atoms with Gasteiger partial charge < -0.3 is 14.1 Å². The summed E-state index contributed by atoms with van der Waals surface area (Å²) in [5.41, 5.74) is 2.44. The molecule has 0 spiro atoms. The molecule has 34 heavy (non-hydrogen) atoms. The summed E-state index contributed by atoms with van der Waals surface area (Å²) in [6, 6.07) is 15.8. The van der Waals surface area contributed by atoms with E-state index in [1.165, 1.54) is 12.1 Å². The van der Waals surface area contributed by atoms with E-state index in [1.807, 2.05) is 31.2 Å².